The van der Waals surface area contributed by atoms with Gasteiger partial charge in [-0.25, -0.2) is 4.79 Å². The summed E-state index contributed by atoms with van der Waals surface area (Å²) in [7, 11) is 1.53. The lowest BCUT2D eigenvalue weighted by atomic mass is 10.2. The molecule has 6 nitrogen and oxygen atoms in total. The minimum absolute atomic E-state index is 0.199. The molecule has 0 fully saturated rings. The van der Waals surface area contributed by atoms with Gasteiger partial charge in [0.2, 0.25) is 6.61 Å². The molecule has 2 rings (SSSR count). The zero-order valence-electron chi connectivity index (χ0n) is 12.0. The first-order valence-corrected chi connectivity index (χ1v) is 6.51. The second-order valence-electron chi connectivity index (χ2n) is 4.31. The number of benzene rings is 1. The highest BCUT2D eigenvalue weighted by molar-refractivity contribution is 5.99. The third-order valence-corrected chi connectivity index (χ3v) is 2.72. The fraction of sp³-hybridized carbons (Fsp3) is 0.333. The summed E-state index contributed by atoms with van der Waals surface area (Å²) in [4.78, 5) is 16.2. The molecule has 2 aromatic rings. The maximum Gasteiger partial charge on any atom is 0.347 e. The molecule has 0 atom stereocenters. The molecular weight excluding hydrogens is 274 g/mol. The van der Waals surface area contributed by atoms with E-state index in [0.717, 1.165) is 11.0 Å². The number of esters is 1. The Balaban J connectivity index is 1.87. The lowest BCUT2D eigenvalue weighted by Gasteiger charge is -2.03. The van der Waals surface area contributed by atoms with E-state index in [0.29, 0.717) is 18.1 Å². The van der Waals surface area contributed by atoms with Gasteiger partial charge in [0.25, 0.3) is 0 Å². The summed E-state index contributed by atoms with van der Waals surface area (Å²) in [6, 6.07) is 9.52. The number of oxime groups is 1. The Morgan fingerprint density at radius 3 is 2.86 bits per heavy atom. The van der Waals surface area contributed by atoms with Gasteiger partial charge in [0, 0.05) is 12.5 Å². The van der Waals surface area contributed by atoms with E-state index in [-0.39, 0.29) is 13.2 Å². The van der Waals surface area contributed by atoms with Crippen molar-refractivity contribution in [1.82, 2.24) is 0 Å². The molecule has 0 amide bonds. The number of carbonyl (C=O) groups is 1. The zero-order valence-corrected chi connectivity index (χ0v) is 12.0. The van der Waals surface area contributed by atoms with Gasteiger partial charge in [0.15, 0.2) is 5.76 Å². The Bertz CT molecular complexity index is 599. The number of rotatable bonds is 7. The highest BCUT2D eigenvalue weighted by atomic mass is 16.7. The Kier molecular flexibility index (Phi) is 5.34. The molecule has 0 N–H and O–H groups in total. The highest BCUT2D eigenvalue weighted by Gasteiger charge is 2.07. The van der Waals surface area contributed by atoms with Crippen LogP contribution in [0.25, 0.3) is 11.0 Å². The van der Waals surface area contributed by atoms with E-state index in [4.69, 9.17) is 18.7 Å². The van der Waals surface area contributed by atoms with Gasteiger partial charge >= 0.3 is 5.97 Å². The Morgan fingerprint density at radius 2 is 2.10 bits per heavy atom. The first-order valence-electron chi connectivity index (χ1n) is 6.51. The molecule has 0 radical (unpaired) electrons. The number of hydrogen-bond donors (Lipinski definition) is 0. The zero-order chi connectivity index (χ0) is 15.1. The van der Waals surface area contributed by atoms with E-state index in [1.807, 2.05) is 30.3 Å². The van der Waals surface area contributed by atoms with Crippen LogP contribution in [0.2, 0.25) is 0 Å². The maximum atomic E-state index is 11.3. The molecule has 112 valence electrons. The number of methoxy groups -OCH3 is 1. The summed E-state index contributed by atoms with van der Waals surface area (Å²) in [5, 5.41) is 4.84. The van der Waals surface area contributed by atoms with Crippen molar-refractivity contribution in [2.24, 2.45) is 5.16 Å². The normalized spacial score (nSPS) is 11.6. The second-order valence-corrected chi connectivity index (χ2v) is 4.31. The van der Waals surface area contributed by atoms with Crippen molar-refractivity contribution in [2.45, 2.75) is 6.92 Å². The number of furan rings is 1. The Labute approximate surface area is 122 Å². The topological polar surface area (TPSA) is 70.3 Å². The number of hydrogen-bond acceptors (Lipinski definition) is 6. The van der Waals surface area contributed by atoms with E-state index in [1.54, 1.807) is 6.92 Å². The van der Waals surface area contributed by atoms with Crippen LogP contribution in [-0.4, -0.2) is 38.6 Å². The van der Waals surface area contributed by atoms with Crippen LogP contribution < -0.4 is 0 Å². The average molecular weight is 291 g/mol. The van der Waals surface area contributed by atoms with E-state index >= 15 is 0 Å². The molecule has 0 bridgehead atoms. The standard InChI is InChI=1S/C15H17NO5/c1-11(16-20-10-15(17)19-8-7-18-2)14-9-12-5-3-4-6-13(12)21-14/h3-6,9H,7-8,10H2,1-2H3/b16-11+. The molecule has 0 saturated carbocycles. The molecule has 0 saturated heterocycles. The molecule has 1 aromatic heterocycles. The SMILES string of the molecule is COCCOC(=O)CO/N=C(\C)c1cc2ccccc2o1. The number of para-hydroxylation sites is 1. The summed E-state index contributed by atoms with van der Waals surface area (Å²) < 4.78 is 15.2. The van der Waals surface area contributed by atoms with Gasteiger partial charge in [-0.2, -0.15) is 0 Å². The van der Waals surface area contributed by atoms with Crippen LogP contribution in [0.3, 0.4) is 0 Å². The summed E-state index contributed by atoms with van der Waals surface area (Å²) in [6.07, 6.45) is 0. The van der Waals surface area contributed by atoms with Crippen LogP contribution in [0.4, 0.5) is 0 Å². The van der Waals surface area contributed by atoms with E-state index < -0.39 is 5.97 Å². The van der Waals surface area contributed by atoms with Crippen LogP contribution in [0, 0.1) is 0 Å². The number of fused-ring (bicyclic) bond motifs is 1. The maximum absolute atomic E-state index is 11.3. The van der Waals surface area contributed by atoms with Gasteiger partial charge < -0.3 is 18.7 Å². The van der Waals surface area contributed by atoms with Crippen molar-refractivity contribution in [3.8, 4) is 0 Å². The first kappa shape index (κ1) is 15.1. The molecule has 6 heteroatoms. The van der Waals surface area contributed by atoms with E-state index in [1.165, 1.54) is 7.11 Å². The molecule has 0 unspecified atom stereocenters. The van der Waals surface area contributed by atoms with Crippen molar-refractivity contribution in [2.75, 3.05) is 26.9 Å². The minimum atomic E-state index is -0.492. The van der Waals surface area contributed by atoms with E-state index in [2.05, 4.69) is 5.16 Å². The molecule has 1 aromatic carbocycles. The molecule has 0 aliphatic rings. The third kappa shape index (κ3) is 4.32. The van der Waals surface area contributed by atoms with Gasteiger partial charge in [-0.15, -0.1) is 0 Å². The van der Waals surface area contributed by atoms with Crippen molar-refractivity contribution < 1.29 is 23.5 Å². The van der Waals surface area contributed by atoms with Crippen molar-refractivity contribution >= 4 is 22.7 Å². The van der Waals surface area contributed by atoms with Crippen molar-refractivity contribution in [3.63, 3.8) is 0 Å². The van der Waals surface area contributed by atoms with Gasteiger partial charge in [0.05, 0.1) is 6.61 Å². The quantitative estimate of drug-likeness (QED) is 0.339. The van der Waals surface area contributed by atoms with Crippen LogP contribution in [0.5, 0.6) is 0 Å². The van der Waals surface area contributed by atoms with Crippen molar-refractivity contribution in [3.05, 3.63) is 36.1 Å². The number of nitrogens with zero attached hydrogens (tertiary/aromatic N) is 1. The summed E-state index contributed by atoms with van der Waals surface area (Å²) in [5.41, 5.74) is 1.33. The summed E-state index contributed by atoms with van der Waals surface area (Å²) in [6.45, 7) is 2.05. The largest absolute Gasteiger partial charge is 0.461 e. The van der Waals surface area contributed by atoms with Crippen LogP contribution >= 0.6 is 0 Å². The van der Waals surface area contributed by atoms with Gasteiger partial charge in [-0.3, -0.25) is 0 Å². The Hall–Kier alpha value is -2.34. The van der Waals surface area contributed by atoms with Gasteiger partial charge in [-0.1, -0.05) is 23.4 Å². The molecule has 0 aliphatic heterocycles. The lowest BCUT2D eigenvalue weighted by Crippen LogP contribution is -2.14. The third-order valence-electron chi connectivity index (χ3n) is 2.72. The monoisotopic (exact) mass is 291 g/mol. The van der Waals surface area contributed by atoms with Crippen molar-refractivity contribution in [1.29, 1.82) is 0 Å². The molecular formula is C15H17NO5. The highest BCUT2D eigenvalue weighted by Crippen LogP contribution is 2.19. The first-order chi connectivity index (χ1) is 10.2. The lowest BCUT2D eigenvalue weighted by molar-refractivity contribution is -0.150. The summed E-state index contributed by atoms with van der Waals surface area (Å²) in [5.74, 6) is 0.108. The fourth-order valence-electron chi connectivity index (χ4n) is 1.67. The predicted octanol–water partition coefficient (Wildman–Crippen LogP) is 2.36. The van der Waals surface area contributed by atoms with E-state index in [9.17, 15) is 4.79 Å². The van der Waals surface area contributed by atoms with Crippen LogP contribution in [0.15, 0.2) is 39.9 Å². The fourth-order valence-corrected chi connectivity index (χ4v) is 1.67. The Morgan fingerprint density at radius 1 is 1.29 bits per heavy atom. The molecule has 0 aliphatic carbocycles. The number of carbonyl (C=O) groups excluding carboxylic acids is 1. The molecule has 21 heavy (non-hydrogen) atoms. The van der Waals surface area contributed by atoms with Crippen LogP contribution in [0.1, 0.15) is 12.7 Å². The smallest absolute Gasteiger partial charge is 0.347 e. The molecule has 1 heterocycles. The average Bonchev–Trinajstić information content (AvgIpc) is 2.91. The van der Waals surface area contributed by atoms with Crippen LogP contribution in [-0.2, 0) is 19.1 Å². The predicted molar refractivity (Wildman–Crippen MR) is 77.2 cm³/mol. The second kappa shape index (κ2) is 7.44. The van der Waals surface area contributed by atoms with Gasteiger partial charge in [0.1, 0.15) is 17.9 Å². The minimum Gasteiger partial charge on any atom is -0.461 e. The summed E-state index contributed by atoms with van der Waals surface area (Å²) >= 11 is 0. The van der Waals surface area contributed by atoms with Gasteiger partial charge in [-0.05, 0) is 19.1 Å². The molecule has 0 spiro atoms. The number of ether oxygens (including phenoxy) is 2.